The number of rotatable bonds is 7. The highest BCUT2D eigenvalue weighted by Gasteiger charge is 2.24. The maximum Gasteiger partial charge on any atom is 0.00672 e. The molecule has 1 saturated carbocycles. The quantitative estimate of drug-likeness (QED) is 0.506. The number of hydrogen-bond donors (Lipinski definition) is 1. The van der Waals surface area contributed by atoms with Gasteiger partial charge in [-0.2, -0.15) is 0 Å². The second-order valence-electron chi connectivity index (χ2n) is 5.45. The first kappa shape index (κ1) is 13.8. The predicted molar refractivity (Wildman–Crippen MR) is 72.4 cm³/mol. The SMILES string of the molecule is C=CCCCC(N)C1CCC(CCC)CC1. The summed E-state index contributed by atoms with van der Waals surface area (Å²) in [5.41, 5.74) is 6.27. The summed E-state index contributed by atoms with van der Waals surface area (Å²) < 4.78 is 0. The van der Waals surface area contributed by atoms with Crippen molar-refractivity contribution in [2.45, 2.75) is 70.8 Å². The summed E-state index contributed by atoms with van der Waals surface area (Å²) in [5.74, 6) is 1.81. The standard InChI is InChI=1S/C15H29N/c1-3-5-6-8-15(16)14-11-9-13(7-4-2)10-12-14/h3,13-15H,1,4-12,16H2,2H3. The van der Waals surface area contributed by atoms with Crippen LogP contribution >= 0.6 is 0 Å². The van der Waals surface area contributed by atoms with Gasteiger partial charge in [0, 0.05) is 6.04 Å². The van der Waals surface area contributed by atoms with Crippen molar-refractivity contribution in [1.82, 2.24) is 0 Å². The fourth-order valence-electron chi connectivity index (χ4n) is 3.05. The second kappa shape index (κ2) is 7.89. The van der Waals surface area contributed by atoms with Gasteiger partial charge in [-0.15, -0.1) is 6.58 Å². The second-order valence-corrected chi connectivity index (χ2v) is 5.45. The summed E-state index contributed by atoms with van der Waals surface area (Å²) in [6, 6.07) is 0.447. The lowest BCUT2D eigenvalue weighted by molar-refractivity contribution is 0.227. The zero-order valence-electron chi connectivity index (χ0n) is 11.0. The van der Waals surface area contributed by atoms with Crippen LogP contribution in [0.3, 0.4) is 0 Å². The van der Waals surface area contributed by atoms with E-state index < -0.39 is 0 Å². The molecule has 1 aliphatic carbocycles. The minimum absolute atomic E-state index is 0.447. The Kier molecular flexibility index (Phi) is 6.79. The fourth-order valence-corrected chi connectivity index (χ4v) is 3.05. The van der Waals surface area contributed by atoms with E-state index in [0.717, 1.165) is 18.3 Å². The molecule has 1 aliphatic rings. The first-order valence-electron chi connectivity index (χ1n) is 7.14. The Hall–Kier alpha value is -0.300. The molecule has 0 heterocycles. The molecular formula is C15H29N. The lowest BCUT2D eigenvalue weighted by Gasteiger charge is -2.32. The molecule has 1 atom stereocenters. The normalized spacial score (nSPS) is 27.6. The molecule has 1 rings (SSSR count). The summed E-state index contributed by atoms with van der Waals surface area (Å²) in [4.78, 5) is 0. The van der Waals surface area contributed by atoms with E-state index in [1.165, 1.54) is 51.4 Å². The van der Waals surface area contributed by atoms with E-state index in [1.54, 1.807) is 0 Å². The monoisotopic (exact) mass is 223 g/mol. The first-order chi connectivity index (χ1) is 7.77. The van der Waals surface area contributed by atoms with E-state index in [4.69, 9.17) is 5.73 Å². The summed E-state index contributed by atoms with van der Waals surface area (Å²) in [6.07, 6.45) is 13.9. The molecule has 1 nitrogen and oxygen atoms in total. The number of unbranched alkanes of at least 4 members (excludes halogenated alkanes) is 1. The molecule has 0 spiro atoms. The molecular weight excluding hydrogens is 194 g/mol. The minimum atomic E-state index is 0.447. The van der Waals surface area contributed by atoms with Crippen LogP contribution in [0.1, 0.15) is 64.7 Å². The Morgan fingerprint density at radius 2 is 2.00 bits per heavy atom. The van der Waals surface area contributed by atoms with Crippen LogP contribution in [0.5, 0.6) is 0 Å². The van der Waals surface area contributed by atoms with Gasteiger partial charge in [0.2, 0.25) is 0 Å². The molecule has 0 aliphatic heterocycles. The summed E-state index contributed by atoms with van der Waals surface area (Å²) >= 11 is 0. The molecule has 0 bridgehead atoms. The van der Waals surface area contributed by atoms with Crippen LogP contribution in [0, 0.1) is 11.8 Å². The van der Waals surface area contributed by atoms with Crippen molar-refractivity contribution in [1.29, 1.82) is 0 Å². The van der Waals surface area contributed by atoms with E-state index in [0.29, 0.717) is 6.04 Å². The molecule has 0 aromatic heterocycles. The van der Waals surface area contributed by atoms with E-state index in [1.807, 2.05) is 6.08 Å². The summed E-state index contributed by atoms with van der Waals surface area (Å²) in [5, 5.41) is 0. The molecule has 1 heteroatoms. The third-order valence-electron chi connectivity index (χ3n) is 4.14. The summed E-state index contributed by atoms with van der Waals surface area (Å²) in [7, 11) is 0. The van der Waals surface area contributed by atoms with Crippen LogP contribution in [0.4, 0.5) is 0 Å². The molecule has 0 saturated heterocycles. The Balaban J connectivity index is 2.16. The van der Waals surface area contributed by atoms with Gasteiger partial charge in [0.25, 0.3) is 0 Å². The van der Waals surface area contributed by atoms with Crippen LogP contribution in [0.25, 0.3) is 0 Å². The average molecular weight is 223 g/mol. The lowest BCUT2D eigenvalue weighted by atomic mass is 9.76. The topological polar surface area (TPSA) is 26.0 Å². The molecule has 0 aromatic rings. The average Bonchev–Trinajstić information content (AvgIpc) is 2.30. The Bertz CT molecular complexity index is 180. The van der Waals surface area contributed by atoms with Crippen molar-refractivity contribution >= 4 is 0 Å². The molecule has 1 fully saturated rings. The van der Waals surface area contributed by atoms with Crippen molar-refractivity contribution < 1.29 is 0 Å². The molecule has 0 amide bonds. The van der Waals surface area contributed by atoms with Gasteiger partial charge in [0.1, 0.15) is 0 Å². The van der Waals surface area contributed by atoms with Crippen molar-refractivity contribution in [2.24, 2.45) is 17.6 Å². The molecule has 1 unspecified atom stereocenters. The zero-order valence-corrected chi connectivity index (χ0v) is 11.0. The Labute approximate surface area is 101 Å². The predicted octanol–water partition coefficient (Wildman–Crippen LogP) is 4.28. The zero-order chi connectivity index (χ0) is 11.8. The summed E-state index contributed by atoms with van der Waals surface area (Å²) in [6.45, 7) is 6.06. The van der Waals surface area contributed by atoms with Crippen LogP contribution in [0.15, 0.2) is 12.7 Å². The maximum absolute atomic E-state index is 6.27. The van der Waals surface area contributed by atoms with Crippen LogP contribution in [0.2, 0.25) is 0 Å². The van der Waals surface area contributed by atoms with Crippen LogP contribution in [-0.4, -0.2) is 6.04 Å². The highest BCUT2D eigenvalue weighted by Crippen LogP contribution is 2.33. The smallest absolute Gasteiger partial charge is 0.00672 e. The van der Waals surface area contributed by atoms with E-state index >= 15 is 0 Å². The van der Waals surface area contributed by atoms with E-state index in [9.17, 15) is 0 Å². The first-order valence-corrected chi connectivity index (χ1v) is 7.14. The molecule has 0 radical (unpaired) electrons. The highest BCUT2D eigenvalue weighted by molar-refractivity contribution is 4.80. The number of allylic oxidation sites excluding steroid dienone is 1. The van der Waals surface area contributed by atoms with Gasteiger partial charge in [0.05, 0.1) is 0 Å². The van der Waals surface area contributed by atoms with Crippen molar-refractivity contribution in [3.8, 4) is 0 Å². The van der Waals surface area contributed by atoms with E-state index in [-0.39, 0.29) is 0 Å². The third-order valence-corrected chi connectivity index (χ3v) is 4.14. The van der Waals surface area contributed by atoms with Gasteiger partial charge in [-0.25, -0.2) is 0 Å². The van der Waals surface area contributed by atoms with E-state index in [2.05, 4.69) is 13.5 Å². The maximum atomic E-state index is 6.27. The molecule has 16 heavy (non-hydrogen) atoms. The van der Waals surface area contributed by atoms with Crippen molar-refractivity contribution in [3.05, 3.63) is 12.7 Å². The molecule has 2 N–H and O–H groups in total. The Morgan fingerprint density at radius 1 is 1.31 bits per heavy atom. The lowest BCUT2D eigenvalue weighted by Crippen LogP contribution is -2.33. The fraction of sp³-hybridized carbons (Fsp3) is 0.867. The van der Waals surface area contributed by atoms with Crippen molar-refractivity contribution in [2.75, 3.05) is 0 Å². The van der Waals surface area contributed by atoms with Crippen LogP contribution < -0.4 is 5.73 Å². The minimum Gasteiger partial charge on any atom is -0.327 e. The van der Waals surface area contributed by atoms with Gasteiger partial charge in [-0.3, -0.25) is 0 Å². The number of nitrogens with two attached hydrogens (primary N) is 1. The highest BCUT2D eigenvalue weighted by atomic mass is 14.6. The Morgan fingerprint density at radius 3 is 2.56 bits per heavy atom. The van der Waals surface area contributed by atoms with Gasteiger partial charge >= 0.3 is 0 Å². The third kappa shape index (κ3) is 4.69. The van der Waals surface area contributed by atoms with Gasteiger partial charge in [0.15, 0.2) is 0 Å². The molecule has 94 valence electrons. The van der Waals surface area contributed by atoms with Gasteiger partial charge in [-0.05, 0) is 43.9 Å². The van der Waals surface area contributed by atoms with Gasteiger partial charge < -0.3 is 5.73 Å². The largest absolute Gasteiger partial charge is 0.327 e. The van der Waals surface area contributed by atoms with Crippen molar-refractivity contribution in [3.63, 3.8) is 0 Å². The number of hydrogen-bond acceptors (Lipinski definition) is 1. The molecule has 0 aromatic carbocycles. The van der Waals surface area contributed by atoms with Gasteiger partial charge in [-0.1, -0.05) is 38.7 Å². The van der Waals surface area contributed by atoms with Crippen LogP contribution in [-0.2, 0) is 0 Å².